The van der Waals surface area contributed by atoms with Crippen LogP contribution in [0.4, 0.5) is 13.2 Å². The molecule has 0 aliphatic carbocycles. The summed E-state index contributed by atoms with van der Waals surface area (Å²) in [5.74, 6) is -0.422. The van der Waals surface area contributed by atoms with Gasteiger partial charge >= 0.3 is 6.18 Å². The van der Waals surface area contributed by atoms with E-state index in [-0.39, 0.29) is 12.0 Å². The number of aryl methyl sites for hydroxylation is 1. The molecule has 1 atom stereocenters. The van der Waals surface area contributed by atoms with Crippen LogP contribution in [0.1, 0.15) is 23.7 Å². The molecule has 0 aromatic heterocycles. The normalized spacial score (nSPS) is 14.2. The Morgan fingerprint density at radius 2 is 1.80 bits per heavy atom. The average Bonchev–Trinajstić information content (AvgIpc) is 2.34. The Labute approximate surface area is 129 Å². The maximum Gasteiger partial charge on any atom is 0.420 e. The lowest BCUT2D eigenvalue weighted by Crippen LogP contribution is -2.27. The van der Waals surface area contributed by atoms with Crippen molar-refractivity contribution in [3.05, 3.63) is 35.4 Å². The van der Waals surface area contributed by atoms with Crippen LogP contribution in [0.2, 0.25) is 0 Å². The van der Waals surface area contributed by atoms with E-state index in [0.717, 1.165) is 5.56 Å². The van der Waals surface area contributed by atoms with Gasteiger partial charge in [0.25, 0.3) is 10.1 Å². The molecule has 1 rings (SSSR count). The van der Waals surface area contributed by atoms with Crippen molar-refractivity contribution < 1.29 is 25.8 Å². The lowest BCUT2D eigenvalue weighted by molar-refractivity contribution is -0.196. The zero-order valence-corrected chi connectivity index (χ0v) is 13.6. The zero-order chi connectivity index (χ0) is 15.4. The van der Waals surface area contributed by atoms with E-state index in [1.54, 1.807) is 6.92 Å². The lowest BCUT2D eigenvalue weighted by Gasteiger charge is -2.20. The predicted octanol–water partition coefficient (Wildman–Crippen LogP) is 3.77. The Hall–Kier alpha value is -0.350. The Balaban J connectivity index is 3.00. The van der Waals surface area contributed by atoms with E-state index in [1.807, 2.05) is 22.6 Å². The van der Waals surface area contributed by atoms with Crippen molar-refractivity contribution in [1.82, 2.24) is 0 Å². The van der Waals surface area contributed by atoms with Crippen LogP contribution in [0.5, 0.6) is 0 Å². The van der Waals surface area contributed by atoms with E-state index >= 15 is 0 Å². The Bertz CT molecular complexity index is 526. The summed E-state index contributed by atoms with van der Waals surface area (Å²) in [6.07, 6.45) is -6.99. The number of halogens is 4. The first-order chi connectivity index (χ1) is 9.15. The van der Waals surface area contributed by atoms with Crippen molar-refractivity contribution in [3.63, 3.8) is 0 Å². The number of hydrogen-bond acceptors (Lipinski definition) is 3. The van der Waals surface area contributed by atoms with Gasteiger partial charge in [0.05, 0.1) is 5.75 Å². The van der Waals surface area contributed by atoms with Gasteiger partial charge in [0, 0.05) is 4.43 Å². The quantitative estimate of drug-likeness (QED) is 0.398. The van der Waals surface area contributed by atoms with Gasteiger partial charge in [-0.2, -0.15) is 21.6 Å². The van der Waals surface area contributed by atoms with Crippen molar-refractivity contribution >= 4 is 32.7 Å². The van der Waals surface area contributed by atoms with E-state index in [0.29, 0.717) is 4.43 Å². The second-order valence-corrected chi connectivity index (χ2v) is 7.03. The molecule has 0 N–H and O–H groups in total. The van der Waals surface area contributed by atoms with Gasteiger partial charge in [-0.05, 0) is 18.9 Å². The van der Waals surface area contributed by atoms with Crippen molar-refractivity contribution in [2.45, 2.75) is 25.6 Å². The maximum absolute atomic E-state index is 13.0. The minimum absolute atomic E-state index is 0.221. The minimum Gasteiger partial charge on any atom is -0.252 e. The van der Waals surface area contributed by atoms with Crippen molar-refractivity contribution in [1.29, 1.82) is 0 Å². The van der Waals surface area contributed by atoms with Crippen molar-refractivity contribution in [3.8, 4) is 0 Å². The maximum atomic E-state index is 13.0. The average molecular weight is 422 g/mol. The molecule has 0 amide bonds. The third-order valence-corrected chi connectivity index (χ3v) is 4.49. The molecule has 1 aromatic carbocycles. The third kappa shape index (κ3) is 5.57. The van der Waals surface area contributed by atoms with Crippen LogP contribution < -0.4 is 0 Å². The molecule has 0 aliphatic heterocycles. The molecule has 3 nitrogen and oxygen atoms in total. The van der Waals surface area contributed by atoms with Gasteiger partial charge in [-0.25, -0.2) is 0 Å². The Kier molecular flexibility index (Phi) is 6.26. The fourth-order valence-electron chi connectivity index (χ4n) is 1.47. The Morgan fingerprint density at radius 3 is 2.25 bits per heavy atom. The van der Waals surface area contributed by atoms with Gasteiger partial charge < -0.3 is 0 Å². The number of benzene rings is 1. The summed E-state index contributed by atoms with van der Waals surface area (Å²) in [5.41, 5.74) is 0.559. The van der Waals surface area contributed by atoms with E-state index in [2.05, 4.69) is 4.18 Å². The molecule has 8 heteroatoms. The highest BCUT2D eigenvalue weighted by Gasteiger charge is 2.44. The lowest BCUT2D eigenvalue weighted by atomic mass is 10.1. The Morgan fingerprint density at radius 1 is 1.25 bits per heavy atom. The second-order valence-electron chi connectivity index (χ2n) is 4.23. The monoisotopic (exact) mass is 422 g/mol. The predicted molar refractivity (Wildman–Crippen MR) is 78.4 cm³/mol. The van der Waals surface area contributed by atoms with E-state index < -0.39 is 28.2 Å². The minimum atomic E-state index is -4.79. The van der Waals surface area contributed by atoms with Crippen LogP contribution in [0.25, 0.3) is 0 Å². The highest BCUT2D eigenvalue weighted by atomic mass is 127. The molecule has 0 bridgehead atoms. The van der Waals surface area contributed by atoms with Crippen LogP contribution in [-0.2, 0) is 14.3 Å². The summed E-state index contributed by atoms with van der Waals surface area (Å²) < 4.78 is 66.9. The molecule has 0 spiro atoms. The molecular formula is C12H14F3IO3S. The van der Waals surface area contributed by atoms with Crippen LogP contribution in [0.15, 0.2) is 24.3 Å². The molecule has 20 heavy (non-hydrogen) atoms. The van der Waals surface area contributed by atoms with Crippen molar-refractivity contribution in [2.24, 2.45) is 0 Å². The standard InChI is InChI=1S/C12H14F3IO3S/c1-9-3-5-10(6-4-9)11(12(13,14)15)19-20(17,18)8-2-7-16/h3-6,11H,2,7-8H2,1H3. The first-order valence-corrected chi connectivity index (χ1v) is 8.86. The van der Waals surface area contributed by atoms with E-state index in [9.17, 15) is 21.6 Å². The molecule has 0 radical (unpaired) electrons. The van der Waals surface area contributed by atoms with Gasteiger partial charge in [0.1, 0.15) is 0 Å². The number of rotatable bonds is 6. The fraction of sp³-hybridized carbons (Fsp3) is 0.500. The summed E-state index contributed by atoms with van der Waals surface area (Å²) >= 11 is 1.95. The van der Waals surface area contributed by atoms with Crippen molar-refractivity contribution in [2.75, 3.05) is 10.2 Å². The second kappa shape index (κ2) is 7.08. The SMILES string of the molecule is Cc1ccc(C(OS(=O)(=O)CCCI)C(F)(F)F)cc1. The van der Waals surface area contributed by atoms with E-state index in [1.165, 1.54) is 24.3 Å². The highest BCUT2D eigenvalue weighted by molar-refractivity contribution is 14.1. The molecule has 0 aliphatic rings. The summed E-state index contributed by atoms with van der Waals surface area (Å²) in [6, 6.07) is 5.41. The third-order valence-electron chi connectivity index (χ3n) is 2.45. The van der Waals surface area contributed by atoms with Crippen LogP contribution >= 0.6 is 22.6 Å². The molecule has 1 unspecified atom stereocenters. The van der Waals surface area contributed by atoms with Crippen LogP contribution in [0, 0.1) is 6.92 Å². The molecule has 114 valence electrons. The molecule has 0 fully saturated rings. The molecule has 0 saturated carbocycles. The summed E-state index contributed by atoms with van der Waals surface area (Å²) in [5, 5.41) is 0. The summed E-state index contributed by atoms with van der Waals surface area (Å²) in [7, 11) is -4.21. The van der Waals surface area contributed by atoms with Crippen LogP contribution in [0.3, 0.4) is 0 Å². The largest absolute Gasteiger partial charge is 0.420 e. The first-order valence-electron chi connectivity index (χ1n) is 5.76. The molecule has 0 heterocycles. The first kappa shape index (κ1) is 17.7. The zero-order valence-electron chi connectivity index (χ0n) is 10.7. The topological polar surface area (TPSA) is 43.4 Å². The van der Waals surface area contributed by atoms with Crippen LogP contribution in [-0.4, -0.2) is 24.8 Å². The molecular weight excluding hydrogens is 408 g/mol. The van der Waals surface area contributed by atoms with Gasteiger partial charge in [-0.1, -0.05) is 52.4 Å². The molecule has 1 aromatic rings. The smallest absolute Gasteiger partial charge is 0.252 e. The van der Waals surface area contributed by atoms with Gasteiger partial charge in [-0.15, -0.1) is 0 Å². The number of hydrogen-bond donors (Lipinski definition) is 0. The van der Waals surface area contributed by atoms with E-state index in [4.69, 9.17) is 0 Å². The highest BCUT2D eigenvalue weighted by Crippen LogP contribution is 2.37. The number of alkyl halides is 4. The fourth-order valence-corrected chi connectivity index (χ4v) is 3.47. The summed E-state index contributed by atoms with van der Waals surface area (Å²) in [4.78, 5) is 0. The van der Waals surface area contributed by atoms with Gasteiger partial charge in [0.15, 0.2) is 6.10 Å². The molecule has 0 saturated heterocycles. The summed E-state index contributed by atoms with van der Waals surface area (Å²) in [6.45, 7) is 1.73. The van der Waals surface area contributed by atoms with Gasteiger partial charge in [-0.3, -0.25) is 4.18 Å². The van der Waals surface area contributed by atoms with Gasteiger partial charge in [0.2, 0.25) is 0 Å².